The molecule has 1 spiro atoms. The molecule has 20 heavy (non-hydrogen) atoms. The lowest BCUT2D eigenvalue weighted by atomic mass is 9.70. The molecule has 0 bridgehead atoms. The van der Waals surface area contributed by atoms with Gasteiger partial charge in [-0.15, -0.1) is 0 Å². The summed E-state index contributed by atoms with van der Waals surface area (Å²) in [5.41, 5.74) is 2.29. The van der Waals surface area contributed by atoms with Gasteiger partial charge in [-0.3, -0.25) is 0 Å². The molecule has 0 amide bonds. The van der Waals surface area contributed by atoms with Crippen molar-refractivity contribution in [3.63, 3.8) is 0 Å². The maximum absolute atomic E-state index is 10.7. The van der Waals surface area contributed by atoms with Crippen molar-refractivity contribution in [1.29, 1.82) is 0 Å². The third kappa shape index (κ3) is 2.57. The van der Waals surface area contributed by atoms with Gasteiger partial charge >= 0.3 is 0 Å². The first kappa shape index (κ1) is 13.9. The zero-order valence-corrected chi connectivity index (χ0v) is 12.5. The summed E-state index contributed by atoms with van der Waals surface area (Å²) in [6.07, 6.45) is 5.24. The van der Waals surface area contributed by atoms with Crippen LogP contribution in [0.25, 0.3) is 0 Å². The van der Waals surface area contributed by atoms with Crippen LogP contribution < -0.4 is 4.90 Å². The summed E-state index contributed by atoms with van der Waals surface area (Å²) in [5.74, 6) is 0.335. The largest absolute Gasteiger partial charge is 0.388 e. The highest BCUT2D eigenvalue weighted by atomic mass is 16.5. The topological polar surface area (TPSA) is 32.7 Å². The Bertz CT molecular complexity index is 468. The van der Waals surface area contributed by atoms with Crippen LogP contribution in [0.3, 0.4) is 0 Å². The summed E-state index contributed by atoms with van der Waals surface area (Å²) in [6, 6.07) is 8.26. The Hall–Kier alpha value is -1.06. The van der Waals surface area contributed by atoms with Gasteiger partial charge in [0, 0.05) is 26.4 Å². The number of aliphatic hydroxyl groups is 1. The first-order valence-corrected chi connectivity index (χ1v) is 7.69. The molecule has 2 aliphatic rings. The van der Waals surface area contributed by atoms with Crippen molar-refractivity contribution in [3.8, 4) is 0 Å². The lowest BCUT2D eigenvalue weighted by molar-refractivity contribution is -0.157. The number of nitrogens with zero attached hydrogens (tertiary/aromatic N) is 1. The van der Waals surface area contributed by atoms with Gasteiger partial charge in [0.15, 0.2) is 0 Å². The molecular formula is C17H25NO2. The van der Waals surface area contributed by atoms with E-state index in [9.17, 15) is 5.11 Å². The van der Waals surface area contributed by atoms with Gasteiger partial charge in [0.1, 0.15) is 0 Å². The molecule has 110 valence electrons. The van der Waals surface area contributed by atoms with Gasteiger partial charge < -0.3 is 14.7 Å². The lowest BCUT2D eigenvalue weighted by Crippen LogP contribution is -2.46. The lowest BCUT2D eigenvalue weighted by Gasteiger charge is -2.48. The van der Waals surface area contributed by atoms with Crippen molar-refractivity contribution >= 4 is 5.69 Å². The first-order chi connectivity index (χ1) is 9.60. The third-order valence-electron chi connectivity index (χ3n) is 4.97. The smallest absolute Gasteiger partial charge is 0.0820 e. The summed E-state index contributed by atoms with van der Waals surface area (Å²) in [7, 11) is 4.06. The minimum atomic E-state index is -0.365. The highest BCUT2D eigenvalue weighted by Crippen LogP contribution is 2.47. The standard InChI is InChI=1S/C17H25NO2/c1-18(2)15-6-3-5-13(11-15)16(19)14-7-10-20-17(12-14)8-4-9-17/h3,5-6,11,14,16,19H,4,7-10,12H2,1-2H3. The van der Waals surface area contributed by atoms with Crippen molar-refractivity contribution in [1.82, 2.24) is 0 Å². The number of hydrogen-bond donors (Lipinski definition) is 1. The van der Waals surface area contributed by atoms with Gasteiger partial charge in [0.05, 0.1) is 11.7 Å². The van der Waals surface area contributed by atoms with Gasteiger partial charge in [-0.05, 0) is 55.7 Å². The summed E-state index contributed by atoms with van der Waals surface area (Å²) in [6.45, 7) is 0.801. The van der Waals surface area contributed by atoms with Crippen LogP contribution in [0.15, 0.2) is 24.3 Å². The van der Waals surface area contributed by atoms with E-state index in [1.54, 1.807) is 0 Å². The van der Waals surface area contributed by atoms with Crippen LogP contribution in [0.1, 0.15) is 43.8 Å². The van der Waals surface area contributed by atoms with Gasteiger partial charge in [-0.25, -0.2) is 0 Å². The van der Waals surface area contributed by atoms with E-state index in [1.165, 1.54) is 19.3 Å². The van der Waals surface area contributed by atoms with Crippen LogP contribution in [0, 0.1) is 5.92 Å². The fourth-order valence-electron chi connectivity index (χ4n) is 3.51. The van der Waals surface area contributed by atoms with Crippen LogP contribution in [-0.4, -0.2) is 31.4 Å². The molecule has 3 nitrogen and oxygen atoms in total. The molecule has 2 fully saturated rings. The molecule has 3 rings (SSSR count). The molecule has 1 N–H and O–H groups in total. The zero-order valence-electron chi connectivity index (χ0n) is 12.5. The number of rotatable bonds is 3. The van der Waals surface area contributed by atoms with Crippen molar-refractivity contribution in [2.75, 3.05) is 25.6 Å². The van der Waals surface area contributed by atoms with Crippen LogP contribution in [0.4, 0.5) is 5.69 Å². The zero-order chi connectivity index (χ0) is 14.2. The molecule has 0 radical (unpaired) electrons. The fourth-order valence-corrected chi connectivity index (χ4v) is 3.51. The third-order valence-corrected chi connectivity index (χ3v) is 4.97. The molecule has 1 aliphatic heterocycles. The average Bonchev–Trinajstić information content (AvgIpc) is 2.45. The van der Waals surface area contributed by atoms with Crippen LogP contribution >= 0.6 is 0 Å². The molecule has 1 heterocycles. The molecule has 1 saturated carbocycles. The Morgan fingerprint density at radius 3 is 2.80 bits per heavy atom. The van der Waals surface area contributed by atoms with Crippen molar-refractivity contribution < 1.29 is 9.84 Å². The SMILES string of the molecule is CN(C)c1cccc(C(O)C2CCOC3(CCC3)C2)c1. The van der Waals surface area contributed by atoms with Gasteiger partial charge in [0.2, 0.25) is 0 Å². The Kier molecular flexibility index (Phi) is 3.74. The normalized spacial score (nSPS) is 26.1. The molecule has 1 aromatic carbocycles. The molecule has 1 saturated heterocycles. The second-order valence-electron chi connectivity index (χ2n) is 6.57. The van der Waals surface area contributed by atoms with Crippen LogP contribution in [0.2, 0.25) is 0 Å². The van der Waals surface area contributed by atoms with E-state index in [1.807, 2.05) is 26.2 Å². The van der Waals surface area contributed by atoms with E-state index < -0.39 is 0 Å². The molecule has 0 aromatic heterocycles. The van der Waals surface area contributed by atoms with Gasteiger partial charge in [-0.1, -0.05) is 12.1 Å². The van der Waals surface area contributed by atoms with Crippen molar-refractivity contribution in [2.24, 2.45) is 5.92 Å². The molecular weight excluding hydrogens is 250 g/mol. The number of hydrogen-bond acceptors (Lipinski definition) is 3. The van der Waals surface area contributed by atoms with Crippen LogP contribution in [0.5, 0.6) is 0 Å². The van der Waals surface area contributed by atoms with Crippen LogP contribution in [-0.2, 0) is 4.74 Å². The van der Waals surface area contributed by atoms with E-state index in [0.29, 0.717) is 5.92 Å². The molecule has 1 aromatic rings. The number of aliphatic hydroxyl groups excluding tert-OH is 1. The summed E-state index contributed by atoms with van der Waals surface area (Å²) in [5, 5.41) is 10.7. The predicted octanol–water partition coefficient (Wildman–Crippen LogP) is 3.14. The molecule has 2 atom stereocenters. The summed E-state index contributed by atoms with van der Waals surface area (Å²) >= 11 is 0. The average molecular weight is 275 g/mol. The quantitative estimate of drug-likeness (QED) is 0.920. The Balaban J connectivity index is 1.74. The number of anilines is 1. The second-order valence-corrected chi connectivity index (χ2v) is 6.57. The highest BCUT2D eigenvalue weighted by molar-refractivity contribution is 5.47. The van der Waals surface area contributed by atoms with Gasteiger partial charge in [-0.2, -0.15) is 0 Å². The molecule has 2 unspecified atom stereocenters. The van der Waals surface area contributed by atoms with E-state index in [2.05, 4.69) is 17.0 Å². The first-order valence-electron chi connectivity index (χ1n) is 7.69. The maximum atomic E-state index is 10.7. The van der Waals surface area contributed by atoms with Crippen molar-refractivity contribution in [3.05, 3.63) is 29.8 Å². The summed E-state index contributed by atoms with van der Waals surface area (Å²) in [4.78, 5) is 2.08. The van der Waals surface area contributed by atoms with E-state index in [-0.39, 0.29) is 11.7 Å². The van der Waals surface area contributed by atoms with Crippen molar-refractivity contribution in [2.45, 2.75) is 43.8 Å². The predicted molar refractivity (Wildman–Crippen MR) is 81.0 cm³/mol. The Morgan fingerprint density at radius 2 is 2.15 bits per heavy atom. The number of benzene rings is 1. The van der Waals surface area contributed by atoms with Gasteiger partial charge in [0.25, 0.3) is 0 Å². The number of ether oxygens (including phenoxy) is 1. The Labute approximate surface area is 121 Å². The maximum Gasteiger partial charge on any atom is 0.0820 e. The molecule has 3 heteroatoms. The van der Waals surface area contributed by atoms with E-state index in [4.69, 9.17) is 4.74 Å². The Morgan fingerprint density at radius 1 is 1.35 bits per heavy atom. The summed E-state index contributed by atoms with van der Waals surface area (Å²) < 4.78 is 5.96. The fraction of sp³-hybridized carbons (Fsp3) is 0.647. The monoisotopic (exact) mass is 275 g/mol. The highest BCUT2D eigenvalue weighted by Gasteiger charge is 2.44. The second kappa shape index (κ2) is 5.38. The minimum absolute atomic E-state index is 0.100. The van der Waals surface area contributed by atoms with E-state index >= 15 is 0 Å². The molecule has 1 aliphatic carbocycles. The minimum Gasteiger partial charge on any atom is -0.388 e. The van der Waals surface area contributed by atoms with E-state index in [0.717, 1.165) is 30.7 Å².